The van der Waals surface area contributed by atoms with Gasteiger partial charge in [-0.2, -0.15) is 13.2 Å². The van der Waals surface area contributed by atoms with Gasteiger partial charge < -0.3 is 4.74 Å². The molecule has 1 aliphatic rings. The number of esters is 1. The van der Waals surface area contributed by atoms with Crippen molar-refractivity contribution in [3.63, 3.8) is 0 Å². The number of ether oxygens (including phenoxy) is 1. The molecule has 0 aliphatic heterocycles. The van der Waals surface area contributed by atoms with Crippen LogP contribution in [0.25, 0.3) is 6.08 Å². The average molecular weight is 312 g/mol. The minimum atomic E-state index is -4.39. The molecule has 0 spiro atoms. The van der Waals surface area contributed by atoms with Crippen LogP contribution in [0.4, 0.5) is 13.2 Å². The zero-order chi connectivity index (χ0) is 16.2. The number of hydrogen-bond acceptors (Lipinski definition) is 3. The summed E-state index contributed by atoms with van der Waals surface area (Å²) in [6.45, 7) is 0. The smallest absolute Gasteiger partial charge is 0.416 e. The number of Topliss-reactive ketones (excluding diaryl/α,β-unsaturated/α-hetero) is 1. The Bertz CT molecular complexity index is 573. The van der Waals surface area contributed by atoms with E-state index in [9.17, 15) is 22.8 Å². The van der Waals surface area contributed by atoms with Crippen molar-refractivity contribution in [1.82, 2.24) is 0 Å². The number of alkyl halides is 3. The van der Waals surface area contributed by atoms with Gasteiger partial charge in [0, 0.05) is 12.5 Å². The maximum atomic E-state index is 12.4. The topological polar surface area (TPSA) is 43.4 Å². The van der Waals surface area contributed by atoms with Crippen molar-refractivity contribution in [2.75, 3.05) is 0 Å². The Labute approximate surface area is 125 Å². The van der Waals surface area contributed by atoms with Crippen LogP contribution < -0.4 is 0 Å². The van der Waals surface area contributed by atoms with E-state index in [-0.39, 0.29) is 5.78 Å². The van der Waals surface area contributed by atoms with Gasteiger partial charge in [0.15, 0.2) is 11.9 Å². The van der Waals surface area contributed by atoms with Gasteiger partial charge in [0.2, 0.25) is 0 Å². The molecule has 1 fully saturated rings. The van der Waals surface area contributed by atoms with Crippen molar-refractivity contribution in [2.45, 2.75) is 38.0 Å². The van der Waals surface area contributed by atoms with Gasteiger partial charge in [0.05, 0.1) is 5.56 Å². The quantitative estimate of drug-likeness (QED) is 0.630. The van der Waals surface area contributed by atoms with Crippen LogP contribution in [0.3, 0.4) is 0 Å². The van der Waals surface area contributed by atoms with Gasteiger partial charge in [-0.1, -0.05) is 12.1 Å². The number of ketones is 1. The third-order valence-electron chi connectivity index (χ3n) is 3.41. The Morgan fingerprint density at radius 2 is 1.86 bits per heavy atom. The summed E-state index contributed by atoms with van der Waals surface area (Å²) in [7, 11) is 0. The van der Waals surface area contributed by atoms with Gasteiger partial charge >= 0.3 is 12.1 Å². The lowest BCUT2D eigenvalue weighted by Crippen LogP contribution is -2.29. The molecule has 118 valence electrons. The molecule has 0 bridgehead atoms. The van der Waals surface area contributed by atoms with Crippen LogP contribution in [0.1, 0.15) is 36.8 Å². The Balaban J connectivity index is 1.93. The van der Waals surface area contributed by atoms with Gasteiger partial charge in [0.25, 0.3) is 0 Å². The molecule has 0 aromatic heterocycles. The van der Waals surface area contributed by atoms with Crippen LogP contribution in [0.15, 0.2) is 30.3 Å². The molecule has 1 aromatic carbocycles. The second kappa shape index (κ2) is 6.77. The lowest BCUT2D eigenvalue weighted by Gasteiger charge is -2.19. The third-order valence-corrected chi connectivity index (χ3v) is 3.41. The zero-order valence-electron chi connectivity index (χ0n) is 11.7. The molecule has 0 radical (unpaired) electrons. The SMILES string of the molecule is O=C(/C=C/c1ccc(C(F)(F)F)cc1)O[C@H]1CCCCC1=O. The number of benzene rings is 1. The van der Waals surface area contributed by atoms with Crippen LogP contribution in [0, 0.1) is 0 Å². The van der Waals surface area contributed by atoms with E-state index in [1.54, 1.807) is 0 Å². The van der Waals surface area contributed by atoms with Crippen LogP contribution in [-0.2, 0) is 20.5 Å². The average Bonchev–Trinajstić information content (AvgIpc) is 2.47. The van der Waals surface area contributed by atoms with Crippen LogP contribution in [-0.4, -0.2) is 17.9 Å². The summed E-state index contributed by atoms with van der Waals surface area (Å²) in [5, 5.41) is 0. The maximum absolute atomic E-state index is 12.4. The summed E-state index contributed by atoms with van der Waals surface area (Å²) in [6, 6.07) is 4.40. The fourth-order valence-electron chi connectivity index (χ4n) is 2.20. The van der Waals surface area contributed by atoms with E-state index in [0.717, 1.165) is 31.1 Å². The van der Waals surface area contributed by atoms with E-state index < -0.39 is 23.8 Å². The van der Waals surface area contributed by atoms with Gasteiger partial charge in [-0.3, -0.25) is 4.79 Å². The van der Waals surface area contributed by atoms with Crippen molar-refractivity contribution >= 4 is 17.8 Å². The highest BCUT2D eigenvalue weighted by atomic mass is 19.4. The van der Waals surface area contributed by atoms with Gasteiger partial charge in [-0.05, 0) is 43.0 Å². The molecule has 1 saturated carbocycles. The highest BCUT2D eigenvalue weighted by molar-refractivity contribution is 5.91. The van der Waals surface area contributed by atoms with E-state index in [1.165, 1.54) is 18.2 Å². The van der Waals surface area contributed by atoms with Gasteiger partial charge in [-0.15, -0.1) is 0 Å². The zero-order valence-corrected chi connectivity index (χ0v) is 11.7. The number of carbonyl (C=O) groups is 2. The van der Waals surface area contributed by atoms with Gasteiger partial charge in [-0.25, -0.2) is 4.79 Å². The third kappa shape index (κ3) is 4.44. The van der Waals surface area contributed by atoms with Crippen molar-refractivity contribution in [1.29, 1.82) is 0 Å². The van der Waals surface area contributed by atoms with E-state index >= 15 is 0 Å². The fourth-order valence-corrected chi connectivity index (χ4v) is 2.20. The van der Waals surface area contributed by atoms with E-state index in [2.05, 4.69) is 0 Å². The molecular weight excluding hydrogens is 297 g/mol. The highest BCUT2D eigenvalue weighted by Gasteiger charge is 2.29. The summed E-state index contributed by atoms with van der Waals surface area (Å²) in [6.07, 6.45) is -0.0127. The van der Waals surface area contributed by atoms with E-state index in [1.807, 2.05) is 0 Å². The molecule has 0 unspecified atom stereocenters. The van der Waals surface area contributed by atoms with Gasteiger partial charge in [0.1, 0.15) is 0 Å². The number of halogens is 3. The molecule has 0 amide bonds. The summed E-state index contributed by atoms with van der Waals surface area (Å²) in [5.41, 5.74) is -0.306. The summed E-state index contributed by atoms with van der Waals surface area (Å²) >= 11 is 0. The highest BCUT2D eigenvalue weighted by Crippen LogP contribution is 2.29. The lowest BCUT2D eigenvalue weighted by atomic mass is 9.96. The minimum absolute atomic E-state index is 0.0810. The van der Waals surface area contributed by atoms with Crippen LogP contribution in [0.5, 0.6) is 0 Å². The molecule has 22 heavy (non-hydrogen) atoms. The predicted octanol–water partition coefficient (Wildman–Crippen LogP) is 3.77. The Morgan fingerprint density at radius 1 is 1.18 bits per heavy atom. The lowest BCUT2D eigenvalue weighted by molar-refractivity contribution is -0.152. The van der Waals surface area contributed by atoms with Crippen LogP contribution in [0.2, 0.25) is 0 Å². The molecular formula is C16H15F3O3. The van der Waals surface area contributed by atoms with E-state index in [4.69, 9.17) is 4.74 Å². The Kier molecular flexibility index (Phi) is 5.00. The first-order valence-corrected chi connectivity index (χ1v) is 6.95. The van der Waals surface area contributed by atoms with Crippen LogP contribution >= 0.6 is 0 Å². The second-order valence-electron chi connectivity index (χ2n) is 5.09. The predicted molar refractivity (Wildman–Crippen MR) is 73.8 cm³/mol. The van der Waals surface area contributed by atoms with Crippen molar-refractivity contribution in [2.24, 2.45) is 0 Å². The Hall–Kier alpha value is -2.11. The van der Waals surface area contributed by atoms with E-state index in [0.29, 0.717) is 18.4 Å². The maximum Gasteiger partial charge on any atom is 0.416 e. The normalized spacial score (nSPS) is 19.4. The molecule has 6 heteroatoms. The standard InChI is InChI=1S/C16H15F3O3/c17-16(18,19)12-8-5-11(6-9-12)7-10-15(21)22-14-4-2-1-3-13(14)20/h5-10,14H,1-4H2/b10-7+/t14-/m0/s1. The first-order chi connectivity index (χ1) is 10.4. The molecule has 0 N–H and O–H groups in total. The molecule has 1 aliphatic carbocycles. The van der Waals surface area contributed by atoms with Crippen molar-refractivity contribution in [3.05, 3.63) is 41.5 Å². The van der Waals surface area contributed by atoms with Crippen molar-refractivity contribution in [3.8, 4) is 0 Å². The largest absolute Gasteiger partial charge is 0.451 e. The fraction of sp³-hybridized carbons (Fsp3) is 0.375. The number of hydrogen-bond donors (Lipinski definition) is 0. The molecule has 2 rings (SSSR count). The molecule has 0 heterocycles. The monoisotopic (exact) mass is 312 g/mol. The summed E-state index contributed by atoms with van der Waals surface area (Å²) in [4.78, 5) is 23.1. The molecule has 1 aromatic rings. The second-order valence-corrected chi connectivity index (χ2v) is 5.09. The Morgan fingerprint density at radius 3 is 2.45 bits per heavy atom. The first kappa shape index (κ1) is 16.3. The first-order valence-electron chi connectivity index (χ1n) is 6.95. The number of rotatable bonds is 3. The minimum Gasteiger partial charge on any atom is -0.451 e. The summed E-state index contributed by atoms with van der Waals surface area (Å²) in [5.74, 6) is -0.748. The molecule has 0 saturated heterocycles. The summed E-state index contributed by atoms with van der Waals surface area (Å²) < 4.78 is 42.3. The van der Waals surface area contributed by atoms with Crippen molar-refractivity contribution < 1.29 is 27.5 Å². The number of carbonyl (C=O) groups excluding carboxylic acids is 2. The molecule has 1 atom stereocenters. The molecule has 3 nitrogen and oxygen atoms in total.